The van der Waals surface area contributed by atoms with Crippen molar-refractivity contribution in [3.8, 4) is 0 Å². The van der Waals surface area contributed by atoms with Gasteiger partial charge in [-0.15, -0.1) is 0 Å². The molecule has 2 saturated carbocycles. The molecule has 0 aromatic rings. The average Bonchev–Trinajstić information content (AvgIpc) is 3.22. The number of ether oxygens (including phenoxy) is 2. The van der Waals surface area contributed by atoms with Gasteiger partial charge in [0.1, 0.15) is 15.7 Å². The van der Waals surface area contributed by atoms with Gasteiger partial charge in [0.2, 0.25) is 0 Å². The Hall–Kier alpha value is 0.310. The van der Waals surface area contributed by atoms with Gasteiger partial charge in [0.05, 0.1) is 11.2 Å². The third-order valence-corrected chi connectivity index (χ3v) is 7.53. The van der Waals surface area contributed by atoms with E-state index in [4.69, 9.17) is 25.2 Å². The maximum atomic E-state index is 5.85. The maximum absolute atomic E-state index is 5.85. The van der Waals surface area contributed by atoms with E-state index in [9.17, 15) is 0 Å². The standard InChI is InChI=1S/2C9H15BO.CH4.B4/c2*1-3-9-5-4-7(6(9)2)8(10)11-9;;1-4(2)3/h2*6-8H,3-5H2,1-2H3;1H4;/t6?,7?,8-,9+;6-,7?,8+,9+;;/m10../s1. The van der Waals surface area contributed by atoms with Crippen LogP contribution in [0.1, 0.15) is 73.6 Å². The molecule has 27 heavy (non-hydrogen) atoms. The Kier molecular flexibility index (Phi) is 9.27. The number of fused-ring (bicyclic) bond motifs is 4. The SMILES string of the molecule is C.[B]B([B])[B].[B][C@@H]1O[C@@]2(CC)CCC1C2C.[B][C@@H]1O[C@]2(CC)CCC1[C@@H]2C. The molecule has 8 atom stereocenters. The Bertz CT molecular complexity index is 427. The molecule has 2 heterocycles. The van der Waals surface area contributed by atoms with Crippen LogP contribution in [0.25, 0.3) is 0 Å². The lowest BCUT2D eigenvalue weighted by atomic mass is 9.08. The van der Waals surface area contributed by atoms with E-state index in [1.165, 1.54) is 25.7 Å². The number of rotatable bonds is 2. The van der Waals surface area contributed by atoms with Gasteiger partial charge in [0.25, 0.3) is 0 Å². The first kappa shape index (κ1) is 25.3. The molecule has 10 radical (unpaired) electrons. The molecule has 0 aromatic carbocycles. The Balaban J connectivity index is 0.000000220. The Morgan fingerprint density at radius 2 is 1.11 bits per heavy atom. The minimum Gasteiger partial charge on any atom is -0.381 e. The monoisotopic (exact) mass is 360 g/mol. The summed E-state index contributed by atoms with van der Waals surface area (Å²) in [5.74, 6) is 2.63. The first-order valence-corrected chi connectivity index (χ1v) is 10.3. The Labute approximate surface area is 175 Å². The average molecular weight is 359 g/mol. The molecule has 2 saturated heterocycles. The van der Waals surface area contributed by atoms with Crippen LogP contribution < -0.4 is 0 Å². The summed E-state index contributed by atoms with van der Waals surface area (Å²) in [5, 5.41) is 0. The molecule has 2 aliphatic carbocycles. The van der Waals surface area contributed by atoms with Gasteiger partial charge >= 0.3 is 0 Å². The summed E-state index contributed by atoms with van der Waals surface area (Å²) in [6.07, 6.45) is 6.58. The van der Waals surface area contributed by atoms with Gasteiger partial charge < -0.3 is 9.47 Å². The van der Waals surface area contributed by atoms with Gasteiger partial charge in [-0.3, -0.25) is 0 Å². The zero-order valence-corrected chi connectivity index (χ0v) is 17.0. The summed E-state index contributed by atoms with van der Waals surface area (Å²) in [7, 11) is 25.7. The molecule has 4 aliphatic rings. The summed E-state index contributed by atoms with van der Waals surface area (Å²) in [5.41, 5.74) is 0.314. The van der Waals surface area contributed by atoms with Crippen LogP contribution in [0.15, 0.2) is 0 Å². The molecule has 2 nitrogen and oxygen atoms in total. The first-order valence-electron chi connectivity index (χ1n) is 10.3. The molecule has 0 spiro atoms. The normalized spacial score (nSPS) is 45.9. The highest BCUT2D eigenvalue weighted by molar-refractivity contribution is 7.49. The lowest BCUT2D eigenvalue weighted by Gasteiger charge is -2.30. The fourth-order valence-corrected chi connectivity index (χ4v) is 5.67. The van der Waals surface area contributed by atoms with Crippen molar-refractivity contribution >= 4 is 45.3 Å². The molecule has 8 heteroatoms. The predicted molar refractivity (Wildman–Crippen MR) is 121 cm³/mol. The molecule has 3 unspecified atom stereocenters. The van der Waals surface area contributed by atoms with Crippen LogP contribution in [0, 0.1) is 23.7 Å². The van der Waals surface area contributed by atoms with Gasteiger partial charge in [0.15, 0.2) is 0 Å². The van der Waals surface area contributed by atoms with Crippen LogP contribution in [-0.4, -0.2) is 68.5 Å². The largest absolute Gasteiger partial charge is 0.381 e. The summed E-state index contributed by atoms with van der Waals surface area (Å²) >= 11 is 0. The van der Waals surface area contributed by atoms with Crippen LogP contribution in [-0.2, 0) is 9.47 Å². The Morgan fingerprint density at radius 3 is 1.22 bits per heavy atom. The van der Waals surface area contributed by atoms with E-state index in [1.807, 2.05) is 0 Å². The van der Waals surface area contributed by atoms with Crippen LogP contribution >= 0.6 is 0 Å². The zero-order chi connectivity index (χ0) is 19.7. The molecular formula is C19H34B6O2. The van der Waals surface area contributed by atoms with Crippen LogP contribution in [0.2, 0.25) is 0 Å². The number of hydrogen-bond donors (Lipinski definition) is 0. The second-order valence-electron chi connectivity index (χ2n) is 8.56. The van der Waals surface area contributed by atoms with Gasteiger partial charge in [-0.05, 0) is 62.2 Å². The third kappa shape index (κ3) is 4.90. The summed E-state index contributed by atoms with van der Waals surface area (Å²) < 4.78 is 11.6. The topological polar surface area (TPSA) is 18.5 Å². The zero-order valence-electron chi connectivity index (χ0n) is 17.0. The molecule has 2 aliphatic heterocycles. The summed E-state index contributed by atoms with van der Waals surface area (Å²) in [6.45, 7) is 8.98. The lowest BCUT2D eigenvalue weighted by Crippen LogP contribution is -2.32. The van der Waals surface area contributed by atoms with Crippen molar-refractivity contribution in [3.63, 3.8) is 0 Å². The second-order valence-corrected chi connectivity index (χ2v) is 8.56. The number of hydrogen-bond acceptors (Lipinski definition) is 2. The fourth-order valence-electron chi connectivity index (χ4n) is 5.67. The third-order valence-electron chi connectivity index (χ3n) is 7.53. The van der Waals surface area contributed by atoms with E-state index < -0.39 is 6.39 Å². The molecule has 140 valence electrons. The van der Waals surface area contributed by atoms with Crippen molar-refractivity contribution in [3.05, 3.63) is 0 Å². The highest BCUT2D eigenvalue weighted by Gasteiger charge is 2.55. The van der Waals surface area contributed by atoms with E-state index in [2.05, 4.69) is 50.9 Å². The van der Waals surface area contributed by atoms with Crippen molar-refractivity contribution in [2.75, 3.05) is 0 Å². The predicted octanol–water partition coefficient (Wildman–Crippen LogP) is 2.53. The van der Waals surface area contributed by atoms with Crippen molar-refractivity contribution in [2.24, 2.45) is 23.7 Å². The van der Waals surface area contributed by atoms with Crippen LogP contribution in [0.4, 0.5) is 0 Å². The molecular weight excluding hydrogens is 325 g/mol. The van der Waals surface area contributed by atoms with Gasteiger partial charge in [-0.2, -0.15) is 0 Å². The minimum atomic E-state index is -0.667. The summed E-state index contributed by atoms with van der Waals surface area (Å²) in [4.78, 5) is 0. The quantitative estimate of drug-likeness (QED) is 0.706. The van der Waals surface area contributed by atoms with Crippen molar-refractivity contribution in [1.29, 1.82) is 0 Å². The summed E-state index contributed by atoms with van der Waals surface area (Å²) in [6, 6.07) is 0.0531. The molecule has 0 N–H and O–H groups in total. The van der Waals surface area contributed by atoms with E-state index in [1.54, 1.807) is 0 Å². The molecule has 0 aromatic heterocycles. The van der Waals surface area contributed by atoms with Gasteiger partial charge in [0, 0.05) is 41.6 Å². The lowest BCUT2D eigenvalue weighted by molar-refractivity contribution is -0.0491. The molecule has 4 bridgehead atoms. The molecule has 0 amide bonds. The molecule has 4 rings (SSSR count). The highest BCUT2D eigenvalue weighted by atomic mass is 16.5. The second kappa shape index (κ2) is 9.88. The van der Waals surface area contributed by atoms with E-state index in [0.29, 0.717) is 23.7 Å². The maximum Gasteiger partial charge on any atom is 0.109 e. The van der Waals surface area contributed by atoms with Crippen LogP contribution in [0.5, 0.6) is 0 Å². The highest BCUT2D eigenvalue weighted by Crippen LogP contribution is 2.53. The smallest absolute Gasteiger partial charge is 0.109 e. The van der Waals surface area contributed by atoms with Crippen molar-refractivity contribution in [2.45, 2.75) is 96.9 Å². The van der Waals surface area contributed by atoms with Crippen LogP contribution in [0.3, 0.4) is 0 Å². The van der Waals surface area contributed by atoms with E-state index in [-0.39, 0.29) is 30.6 Å². The van der Waals surface area contributed by atoms with E-state index in [0.717, 1.165) is 12.8 Å². The van der Waals surface area contributed by atoms with Crippen molar-refractivity contribution in [1.82, 2.24) is 0 Å². The van der Waals surface area contributed by atoms with Gasteiger partial charge in [-0.25, -0.2) is 0 Å². The van der Waals surface area contributed by atoms with E-state index >= 15 is 0 Å². The van der Waals surface area contributed by atoms with Crippen molar-refractivity contribution < 1.29 is 9.47 Å². The van der Waals surface area contributed by atoms with Gasteiger partial charge in [-0.1, -0.05) is 35.1 Å². The molecule has 4 fully saturated rings. The Morgan fingerprint density at radius 1 is 0.815 bits per heavy atom. The first-order chi connectivity index (χ1) is 12.1. The fraction of sp³-hybridized carbons (Fsp3) is 1.00. The minimum absolute atomic E-state index is 0.